The highest BCUT2D eigenvalue weighted by Gasteiger charge is 2.14. The zero-order chi connectivity index (χ0) is 19.8. The van der Waals surface area contributed by atoms with Gasteiger partial charge < -0.3 is 10.2 Å². The van der Waals surface area contributed by atoms with E-state index >= 15 is 0 Å². The lowest BCUT2D eigenvalue weighted by Gasteiger charge is -2.20. The van der Waals surface area contributed by atoms with Crippen molar-refractivity contribution in [3.8, 4) is 6.07 Å². The lowest BCUT2D eigenvalue weighted by molar-refractivity contribution is -0.107. The van der Waals surface area contributed by atoms with Crippen LogP contribution in [0.4, 0.5) is 15.9 Å². The van der Waals surface area contributed by atoms with E-state index in [-0.39, 0.29) is 12.4 Å². The Labute approximate surface area is 162 Å². The van der Waals surface area contributed by atoms with Crippen molar-refractivity contribution in [2.24, 2.45) is 0 Å². The summed E-state index contributed by atoms with van der Waals surface area (Å²) in [6.07, 6.45) is 4.36. The number of hydrogen-bond acceptors (Lipinski definition) is 5. The van der Waals surface area contributed by atoms with E-state index in [9.17, 15) is 14.4 Å². The monoisotopic (exact) mass is 375 g/mol. The third kappa shape index (κ3) is 4.89. The van der Waals surface area contributed by atoms with E-state index in [1.165, 1.54) is 23.2 Å². The molecule has 3 aromatic rings. The van der Waals surface area contributed by atoms with Crippen LogP contribution in [0.2, 0.25) is 0 Å². The highest BCUT2D eigenvalue weighted by Crippen LogP contribution is 2.25. The molecule has 2 aromatic heterocycles. The first-order chi connectivity index (χ1) is 13.7. The Morgan fingerprint density at radius 1 is 1.18 bits per heavy atom. The first-order valence-corrected chi connectivity index (χ1v) is 8.70. The van der Waals surface area contributed by atoms with Gasteiger partial charge in [0.2, 0.25) is 6.41 Å². The minimum atomic E-state index is -0.280. The standard InChI is InChI=1S/C21H18FN5O/c22-18-5-3-4-16(10-18)7-9-25-21-20(11-17(12-23)13-26-21)27(15-28)14-19-6-1-2-8-24-19/h1-6,8,10-11,13,15H,7,9,14H2,(H,25,26). The van der Waals surface area contributed by atoms with Crippen LogP contribution in [0.3, 0.4) is 0 Å². The molecule has 0 aliphatic rings. The SMILES string of the molecule is N#Cc1cnc(NCCc2cccc(F)c2)c(N(C=O)Cc2ccccn2)c1. The van der Waals surface area contributed by atoms with Crippen molar-refractivity contribution in [1.82, 2.24) is 9.97 Å². The summed E-state index contributed by atoms with van der Waals surface area (Å²) in [5.41, 5.74) is 2.39. The summed E-state index contributed by atoms with van der Waals surface area (Å²) in [4.78, 5) is 21.7. The van der Waals surface area contributed by atoms with Gasteiger partial charge in [0.05, 0.1) is 23.5 Å². The quantitative estimate of drug-likeness (QED) is 0.611. The van der Waals surface area contributed by atoms with Crippen molar-refractivity contribution in [2.45, 2.75) is 13.0 Å². The van der Waals surface area contributed by atoms with Crippen molar-refractivity contribution < 1.29 is 9.18 Å². The van der Waals surface area contributed by atoms with E-state index in [0.717, 1.165) is 5.56 Å². The van der Waals surface area contributed by atoms with Crippen LogP contribution in [0, 0.1) is 17.1 Å². The van der Waals surface area contributed by atoms with Crippen molar-refractivity contribution in [3.63, 3.8) is 0 Å². The zero-order valence-corrected chi connectivity index (χ0v) is 15.0. The number of halogens is 1. The summed E-state index contributed by atoms with van der Waals surface area (Å²) in [6.45, 7) is 0.741. The molecule has 0 bridgehead atoms. The van der Waals surface area contributed by atoms with Gasteiger partial charge in [-0.3, -0.25) is 9.78 Å². The van der Waals surface area contributed by atoms with E-state index in [1.807, 2.05) is 24.3 Å². The number of carbonyl (C=O) groups excluding carboxylic acids is 1. The van der Waals surface area contributed by atoms with E-state index < -0.39 is 0 Å². The second kappa shape index (κ2) is 9.24. The van der Waals surface area contributed by atoms with Gasteiger partial charge in [-0.05, 0) is 42.3 Å². The molecule has 7 heteroatoms. The van der Waals surface area contributed by atoms with Crippen molar-refractivity contribution >= 4 is 17.9 Å². The number of nitrogens with one attached hydrogen (secondary N) is 1. The van der Waals surface area contributed by atoms with Crippen LogP contribution in [-0.4, -0.2) is 22.9 Å². The fraction of sp³-hybridized carbons (Fsp3) is 0.143. The number of hydrogen-bond donors (Lipinski definition) is 1. The highest BCUT2D eigenvalue weighted by atomic mass is 19.1. The van der Waals surface area contributed by atoms with Crippen LogP contribution in [0.5, 0.6) is 0 Å². The highest BCUT2D eigenvalue weighted by molar-refractivity contribution is 5.82. The Morgan fingerprint density at radius 2 is 2.07 bits per heavy atom. The first kappa shape index (κ1) is 19.0. The number of nitrogens with zero attached hydrogens (tertiary/aromatic N) is 4. The third-order valence-electron chi connectivity index (χ3n) is 4.09. The van der Waals surface area contributed by atoms with Crippen LogP contribution >= 0.6 is 0 Å². The number of amides is 1. The molecule has 2 heterocycles. The van der Waals surface area contributed by atoms with Gasteiger partial charge in [-0.25, -0.2) is 9.37 Å². The van der Waals surface area contributed by atoms with Crippen LogP contribution in [0.25, 0.3) is 0 Å². The molecule has 0 aliphatic carbocycles. The van der Waals surface area contributed by atoms with Gasteiger partial charge in [-0.15, -0.1) is 0 Å². The van der Waals surface area contributed by atoms with E-state index in [0.29, 0.717) is 42.1 Å². The molecular weight excluding hydrogens is 357 g/mol. The number of nitriles is 1. The minimum Gasteiger partial charge on any atom is -0.368 e. The van der Waals surface area contributed by atoms with E-state index in [1.54, 1.807) is 24.4 Å². The second-order valence-electron chi connectivity index (χ2n) is 6.06. The molecule has 3 rings (SSSR count). The van der Waals surface area contributed by atoms with Crippen LogP contribution in [0.15, 0.2) is 60.9 Å². The molecule has 1 N–H and O–H groups in total. The molecule has 0 saturated carbocycles. The first-order valence-electron chi connectivity index (χ1n) is 8.70. The van der Waals surface area contributed by atoms with Crippen LogP contribution in [0.1, 0.15) is 16.8 Å². The number of rotatable bonds is 8. The van der Waals surface area contributed by atoms with Crippen molar-refractivity contribution in [1.29, 1.82) is 5.26 Å². The molecule has 28 heavy (non-hydrogen) atoms. The predicted octanol–water partition coefficient (Wildman–Crippen LogP) is 3.30. The molecular formula is C21H18FN5O. The molecule has 0 saturated heterocycles. The Bertz CT molecular complexity index is 988. The lowest BCUT2D eigenvalue weighted by Crippen LogP contribution is -2.23. The molecule has 0 spiro atoms. The maximum absolute atomic E-state index is 13.3. The number of anilines is 2. The van der Waals surface area contributed by atoms with Crippen LogP contribution < -0.4 is 10.2 Å². The molecule has 0 atom stereocenters. The third-order valence-corrected chi connectivity index (χ3v) is 4.09. The van der Waals surface area contributed by atoms with Gasteiger partial charge in [0.15, 0.2) is 0 Å². The van der Waals surface area contributed by atoms with E-state index in [2.05, 4.69) is 15.3 Å². The van der Waals surface area contributed by atoms with Gasteiger partial charge in [0, 0.05) is 18.9 Å². The molecule has 0 aliphatic heterocycles. The number of pyridine rings is 2. The zero-order valence-electron chi connectivity index (χ0n) is 15.0. The van der Waals surface area contributed by atoms with Gasteiger partial charge in [-0.2, -0.15) is 5.26 Å². The van der Waals surface area contributed by atoms with Gasteiger partial charge in [0.25, 0.3) is 0 Å². The number of carbonyl (C=O) groups is 1. The smallest absolute Gasteiger partial charge is 0.214 e. The second-order valence-corrected chi connectivity index (χ2v) is 6.06. The summed E-state index contributed by atoms with van der Waals surface area (Å²) >= 11 is 0. The van der Waals surface area contributed by atoms with Gasteiger partial charge in [-0.1, -0.05) is 18.2 Å². The maximum Gasteiger partial charge on any atom is 0.214 e. The summed E-state index contributed by atoms with van der Waals surface area (Å²) < 4.78 is 13.3. The Kier molecular flexibility index (Phi) is 6.26. The van der Waals surface area contributed by atoms with Gasteiger partial charge >= 0.3 is 0 Å². The Balaban J connectivity index is 1.78. The van der Waals surface area contributed by atoms with Gasteiger partial charge in [0.1, 0.15) is 17.7 Å². The summed E-state index contributed by atoms with van der Waals surface area (Å²) in [7, 11) is 0. The molecule has 0 radical (unpaired) electrons. The largest absolute Gasteiger partial charge is 0.368 e. The number of benzene rings is 1. The lowest BCUT2D eigenvalue weighted by atomic mass is 10.1. The van der Waals surface area contributed by atoms with Crippen LogP contribution in [-0.2, 0) is 17.8 Å². The van der Waals surface area contributed by atoms with Crippen molar-refractivity contribution in [2.75, 3.05) is 16.8 Å². The molecule has 6 nitrogen and oxygen atoms in total. The predicted molar refractivity (Wildman–Crippen MR) is 104 cm³/mol. The number of aromatic nitrogens is 2. The molecule has 0 fully saturated rings. The summed E-state index contributed by atoms with van der Waals surface area (Å²) in [5, 5.41) is 12.4. The van der Waals surface area contributed by atoms with Crippen molar-refractivity contribution in [3.05, 3.63) is 83.6 Å². The molecule has 0 unspecified atom stereocenters. The molecule has 140 valence electrons. The van der Waals surface area contributed by atoms with E-state index in [4.69, 9.17) is 0 Å². The molecule has 1 aromatic carbocycles. The minimum absolute atomic E-state index is 0.249. The summed E-state index contributed by atoms with van der Waals surface area (Å²) in [5.74, 6) is 0.190. The Hall–Kier alpha value is -3.79. The Morgan fingerprint density at radius 3 is 2.79 bits per heavy atom. The fourth-order valence-corrected chi connectivity index (χ4v) is 2.73. The normalized spacial score (nSPS) is 10.1. The maximum atomic E-state index is 13.3. The average molecular weight is 375 g/mol. The topological polar surface area (TPSA) is 81.9 Å². The summed E-state index contributed by atoms with van der Waals surface area (Å²) in [6, 6.07) is 15.5. The fourth-order valence-electron chi connectivity index (χ4n) is 2.73. The average Bonchev–Trinajstić information content (AvgIpc) is 2.73. The molecule has 1 amide bonds.